The second-order valence-corrected chi connectivity index (χ2v) is 3.27. The van der Waals surface area contributed by atoms with Gasteiger partial charge in [0.2, 0.25) is 0 Å². The molecule has 0 saturated carbocycles. The van der Waals surface area contributed by atoms with E-state index in [-0.39, 0.29) is 0 Å². The van der Waals surface area contributed by atoms with E-state index in [9.17, 15) is 0 Å². The largest absolute Gasteiger partial charge is 0.385 e. The number of nitrogen functional groups attached to an aromatic ring is 1. The lowest BCUT2D eigenvalue weighted by Crippen LogP contribution is -1.94. The number of halogens is 1. The van der Waals surface area contributed by atoms with Gasteiger partial charge in [-0.15, -0.1) is 0 Å². The van der Waals surface area contributed by atoms with Crippen molar-refractivity contribution in [2.75, 3.05) is 5.73 Å². The molecule has 0 radical (unpaired) electrons. The van der Waals surface area contributed by atoms with Crippen LogP contribution in [0.15, 0.2) is 24.3 Å². The van der Waals surface area contributed by atoms with Gasteiger partial charge in [0.05, 0.1) is 0 Å². The number of fused-ring (bicyclic) bond motifs is 1. The Bertz CT molecular complexity index is 431. The van der Waals surface area contributed by atoms with E-state index in [4.69, 9.17) is 17.3 Å². The van der Waals surface area contributed by atoms with Gasteiger partial charge in [-0.2, -0.15) is 0 Å². The Morgan fingerprint density at radius 2 is 2.08 bits per heavy atom. The molecule has 0 aliphatic rings. The van der Waals surface area contributed by atoms with E-state index in [0.29, 0.717) is 0 Å². The predicted molar refractivity (Wildman–Crippen MR) is 52.3 cm³/mol. The van der Waals surface area contributed by atoms with Crippen molar-refractivity contribution in [3.63, 3.8) is 0 Å². The average molecular weight is 181 g/mol. The number of nitrogens with two attached hydrogens (primary N) is 1. The van der Waals surface area contributed by atoms with Crippen LogP contribution in [0.25, 0.3) is 10.9 Å². The molecule has 0 fully saturated rings. The third kappa shape index (κ3) is 0.959. The van der Waals surface area contributed by atoms with Gasteiger partial charge in [0.25, 0.3) is 0 Å². The molecule has 2 rings (SSSR count). The molecular formula is C9H9ClN2. The number of rotatable bonds is 0. The number of hydrogen-bond acceptors (Lipinski definition) is 1. The maximum Gasteiger partial charge on any atom is 0.104 e. The number of aromatic nitrogens is 1. The first-order chi connectivity index (χ1) is 5.68. The molecule has 0 bridgehead atoms. The van der Waals surface area contributed by atoms with E-state index in [1.807, 2.05) is 35.9 Å². The fourth-order valence-electron chi connectivity index (χ4n) is 1.34. The standard InChI is InChI=1S/C9H9ClN2/c1-12-8-3-2-7(10)4-6(8)5-9(12)11/h2-5H,11H2,1H3. The Labute approximate surface area is 75.5 Å². The van der Waals surface area contributed by atoms with Gasteiger partial charge in [0.1, 0.15) is 5.82 Å². The molecule has 0 saturated heterocycles. The van der Waals surface area contributed by atoms with Gasteiger partial charge in [-0.1, -0.05) is 11.6 Å². The summed E-state index contributed by atoms with van der Waals surface area (Å²) in [6.07, 6.45) is 0. The molecule has 1 heterocycles. The van der Waals surface area contributed by atoms with Crippen molar-refractivity contribution in [3.05, 3.63) is 29.3 Å². The van der Waals surface area contributed by atoms with Crippen LogP contribution in [0.3, 0.4) is 0 Å². The lowest BCUT2D eigenvalue weighted by molar-refractivity contribution is 0.983. The Hall–Kier alpha value is -1.15. The second kappa shape index (κ2) is 2.42. The molecule has 0 amide bonds. The van der Waals surface area contributed by atoms with Gasteiger partial charge in [-0.3, -0.25) is 0 Å². The van der Waals surface area contributed by atoms with Crippen molar-refractivity contribution in [1.82, 2.24) is 4.57 Å². The van der Waals surface area contributed by atoms with Gasteiger partial charge in [0.15, 0.2) is 0 Å². The normalized spacial score (nSPS) is 10.8. The zero-order valence-corrected chi connectivity index (χ0v) is 7.47. The van der Waals surface area contributed by atoms with Crippen LogP contribution in [0.2, 0.25) is 5.02 Å². The first-order valence-electron chi connectivity index (χ1n) is 3.69. The topological polar surface area (TPSA) is 30.9 Å². The molecule has 2 aromatic rings. The quantitative estimate of drug-likeness (QED) is 0.663. The number of anilines is 1. The molecule has 0 aliphatic heterocycles. The fraction of sp³-hybridized carbons (Fsp3) is 0.111. The van der Waals surface area contributed by atoms with Crippen LogP contribution >= 0.6 is 11.6 Å². The summed E-state index contributed by atoms with van der Waals surface area (Å²) >= 11 is 5.83. The zero-order valence-electron chi connectivity index (χ0n) is 6.71. The maximum absolute atomic E-state index is 5.83. The SMILES string of the molecule is Cn1c(N)cc2cc(Cl)ccc21. The molecular weight excluding hydrogens is 172 g/mol. The van der Waals surface area contributed by atoms with E-state index >= 15 is 0 Å². The van der Waals surface area contributed by atoms with Gasteiger partial charge in [0, 0.05) is 23.0 Å². The molecule has 0 spiro atoms. The molecule has 1 aromatic heterocycles. The molecule has 1 aromatic carbocycles. The molecule has 0 atom stereocenters. The highest BCUT2D eigenvalue weighted by Gasteiger charge is 2.01. The summed E-state index contributed by atoms with van der Waals surface area (Å²) < 4.78 is 1.94. The third-order valence-corrected chi connectivity index (χ3v) is 2.28. The zero-order chi connectivity index (χ0) is 8.72. The van der Waals surface area contributed by atoms with E-state index < -0.39 is 0 Å². The molecule has 0 aliphatic carbocycles. The number of aryl methyl sites for hydroxylation is 1. The molecule has 0 unspecified atom stereocenters. The lowest BCUT2D eigenvalue weighted by Gasteiger charge is -1.97. The summed E-state index contributed by atoms with van der Waals surface area (Å²) in [6.45, 7) is 0. The average Bonchev–Trinajstić information content (AvgIpc) is 2.28. The van der Waals surface area contributed by atoms with Crippen LogP contribution in [0, 0.1) is 0 Å². The highest BCUT2D eigenvalue weighted by atomic mass is 35.5. The Kier molecular flexibility index (Phi) is 1.51. The van der Waals surface area contributed by atoms with Crippen LogP contribution in [-0.2, 0) is 7.05 Å². The minimum absolute atomic E-state index is 0.744. The summed E-state index contributed by atoms with van der Waals surface area (Å²) in [7, 11) is 1.94. The fourth-order valence-corrected chi connectivity index (χ4v) is 1.52. The van der Waals surface area contributed by atoms with Crippen LogP contribution in [-0.4, -0.2) is 4.57 Å². The molecule has 2 N–H and O–H groups in total. The molecule has 3 heteroatoms. The molecule has 62 valence electrons. The van der Waals surface area contributed by atoms with Crippen LogP contribution in [0.1, 0.15) is 0 Å². The Morgan fingerprint density at radius 3 is 2.83 bits per heavy atom. The van der Waals surface area contributed by atoms with Gasteiger partial charge >= 0.3 is 0 Å². The summed E-state index contributed by atoms with van der Waals surface area (Å²) in [5, 5.41) is 1.83. The monoisotopic (exact) mass is 180 g/mol. The summed E-state index contributed by atoms with van der Waals surface area (Å²) in [5.74, 6) is 0.757. The second-order valence-electron chi connectivity index (χ2n) is 2.83. The predicted octanol–water partition coefficient (Wildman–Crippen LogP) is 2.41. The van der Waals surface area contributed by atoms with E-state index in [0.717, 1.165) is 21.7 Å². The lowest BCUT2D eigenvalue weighted by atomic mass is 10.2. The van der Waals surface area contributed by atoms with E-state index in [2.05, 4.69) is 0 Å². The van der Waals surface area contributed by atoms with Crippen LogP contribution < -0.4 is 5.73 Å². The van der Waals surface area contributed by atoms with Gasteiger partial charge in [-0.25, -0.2) is 0 Å². The van der Waals surface area contributed by atoms with Gasteiger partial charge in [-0.05, 0) is 24.3 Å². The van der Waals surface area contributed by atoms with Crippen molar-refractivity contribution in [1.29, 1.82) is 0 Å². The maximum atomic E-state index is 5.83. The van der Waals surface area contributed by atoms with E-state index in [1.165, 1.54) is 0 Å². The van der Waals surface area contributed by atoms with Crippen molar-refractivity contribution in [2.45, 2.75) is 0 Å². The minimum Gasteiger partial charge on any atom is -0.385 e. The summed E-state index contributed by atoms with van der Waals surface area (Å²) in [5.41, 5.74) is 6.83. The Morgan fingerprint density at radius 1 is 1.33 bits per heavy atom. The van der Waals surface area contributed by atoms with Crippen molar-refractivity contribution in [3.8, 4) is 0 Å². The van der Waals surface area contributed by atoms with E-state index in [1.54, 1.807) is 0 Å². The highest BCUT2D eigenvalue weighted by molar-refractivity contribution is 6.31. The number of hydrogen-bond donors (Lipinski definition) is 1. The van der Waals surface area contributed by atoms with Crippen molar-refractivity contribution in [2.24, 2.45) is 7.05 Å². The minimum atomic E-state index is 0.744. The molecule has 2 nitrogen and oxygen atoms in total. The van der Waals surface area contributed by atoms with Crippen molar-refractivity contribution < 1.29 is 0 Å². The van der Waals surface area contributed by atoms with Gasteiger partial charge < -0.3 is 10.3 Å². The van der Waals surface area contributed by atoms with Crippen LogP contribution in [0.5, 0.6) is 0 Å². The first kappa shape index (κ1) is 7.50. The Balaban J connectivity index is 2.87. The smallest absolute Gasteiger partial charge is 0.104 e. The molecule has 12 heavy (non-hydrogen) atoms. The summed E-state index contributed by atoms with van der Waals surface area (Å²) in [6, 6.07) is 7.66. The van der Waals surface area contributed by atoms with Crippen molar-refractivity contribution >= 4 is 28.3 Å². The first-order valence-corrected chi connectivity index (χ1v) is 4.07. The number of benzene rings is 1. The number of nitrogens with zero attached hydrogens (tertiary/aromatic N) is 1. The third-order valence-electron chi connectivity index (χ3n) is 2.04. The summed E-state index contributed by atoms with van der Waals surface area (Å²) in [4.78, 5) is 0. The highest BCUT2D eigenvalue weighted by Crippen LogP contribution is 2.23. The van der Waals surface area contributed by atoms with Crippen LogP contribution in [0.4, 0.5) is 5.82 Å².